The molecule has 1 fully saturated rings. The van der Waals surface area contributed by atoms with Gasteiger partial charge in [-0.3, -0.25) is 4.79 Å². The number of piperidine rings is 1. The van der Waals surface area contributed by atoms with Gasteiger partial charge in [-0.1, -0.05) is 6.07 Å². The highest BCUT2D eigenvalue weighted by Crippen LogP contribution is 2.25. The first kappa shape index (κ1) is 16.4. The van der Waals surface area contributed by atoms with Crippen LogP contribution in [-0.2, 0) is 4.79 Å². The molecule has 0 radical (unpaired) electrons. The predicted molar refractivity (Wildman–Crippen MR) is 80.5 cm³/mol. The molecule has 0 bridgehead atoms. The Bertz CT molecular complexity index is 504. The van der Waals surface area contributed by atoms with Crippen molar-refractivity contribution in [1.82, 2.24) is 4.90 Å². The van der Waals surface area contributed by atoms with Crippen molar-refractivity contribution in [2.24, 2.45) is 5.92 Å². The van der Waals surface area contributed by atoms with Gasteiger partial charge in [0.2, 0.25) is 0 Å². The summed E-state index contributed by atoms with van der Waals surface area (Å²) >= 11 is 3.11. The molecule has 1 aliphatic heterocycles. The van der Waals surface area contributed by atoms with Crippen LogP contribution in [0.3, 0.4) is 0 Å². The smallest absolute Gasteiger partial charge is 0.303 e. The van der Waals surface area contributed by atoms with Gasteiger partial charge in [0.05, 0.1) is 10.6 Å². The number of hydrogen-bond donors (Lipinski definition) is 2. The molecule has 2 N–H and O–H groups in total. The average Bonchev–Trinajstić information content (AvgIpc) is 2.43. The van der Waals surface area contributed by atoms with E-state index in [0.29, 0.717) is 16.6 Å². The molecule has 1 aromatic rings. The van der Waals surface area contributed by atoms with Crippen LogP contribution in [0.1, 0.15) is 30.9 Å². The highest BCUT2D eigenvalue weighted by Gasteiger charge is 2.23. The lowest BCUT2D eigenvalue weighted by atomic mass is 9.93. The van der Waals surface area contributed by atoms with Gasteiger partial charge in [0, 0.05) is 13.0 Å². The maximum absolute atomic E-state index is 13.2. The van der Waals surface area contributed by atoms with E-state index < -0.39 is 12.1 Å². The van der Waals surface area contributed by atoms with E-state index in [-0.39, 0.29) is 18.2 Å². The number of aliphatic carboxylic acids is 1. The summed E-state index contributed by atoms with van der Waals surface area (Å²) in [7, 11) is 0. The molecular weight excluding hydrogens is 341 g/mol. The zero-order valence-corrected chi connectivity index (χ0v) is 13.2. The lowest BCUT2D eigenvalue weighted by molar-refractivity contribution is -0.138. The van der Waals surface area contributed by atoms with E-state index in [0.717, 1.165) is 25.9 Å². The standard InChI is InChI=1S/C15H19BrFNO3/c16-12-8-11(1-2-13(12)17)14(19)9-18-5-3-10(4-6-18)7-15(20)21/h1-2,8,10,14,19H,3-7,9H2,(H,20,21). The van der Waals surface area contributed by atoms with Crippen LogP contribution in [0.4, 0.5) is 4.39 Å². The molecule has 21 heavy (non-hydrogen) atoms. The van der Waals surface area contributed by atoms with E-state index in [1.54, 1.807) is 12.1 Å². The van der Waals surface area contributed by atoms with Crippen molar-refractivity contribution in [3.8, 4) is 0 Å². The van der Waals surface area contributed by atoms with E-state index in [2.05, 4.69) is 20.8 Å². The minimum Gasteiger partial charge on any atom is -0.481 e. The summed E-state index contributed by atoms with van der Waals surface area (Å²) in [5.41, 5.74) is 0.677. The van der Waals surface area contributed by atoms with Crippen LogP contribution in [0.2, 0.25) is 0 Å². The number of carboxylic acid groups (broad SMARTS) is 1. The molecule has 0 aromatic heterocycles. The zero-order chi connectivity index (χ0) is 15.4. The van der Waals surface area contributed by atoms with Gasteiger partial charge >= 0.3 is 5.97 Å². The molecule has 2 rings (SSSR count). The number of β-amino-alcohol motifs (C(OH)–C–C–N with tert-alkyl or cyclic N) is 1. The summed E-state index contributed by atoms with van der Waals surface area (Å²) in [5.74, 6) is -0.860. The van der Waals surface area contributed by atoms with Gasteiger partial charge in [-0.25, -0.2) is 4.39 Å². The van der Waals surface area contributed by atoms with Crippen molar-refractivity contribution in [1.29, 1.82) is 0 Å². The highest BCUT2D eigenvalue weighted by atomic mass is 79.9. The molecule has 0 aliphatic carbocycles. The second kappa shape index (κ2) is 7.33. The highest BCUT2D eigenvalue weighted by molar-refractivity contribution is 9.10. The van der Waals surface area contributed by atoms with Crippen molar-refractivity contribution >= 4 is 21.9 Å². The number of carboxylic acids is 1. The van der Waals surface area contributed by atoms with Crippen LogP contribution in [0.15, 0.2) is 22.7 Å². The van der Waals surface area contributed by atoms with Gasteiger partial charge in [0.1, 0.15) is 5.82 Å². The third-order valence-corrected chi connectivity index (χ3v) is 4.54. The van der Waals surface area contributed by atoms with Crippen LogP contribution < -0.4 is 0 Å². The van der Waals surface area contributed by atoms with Gasteiger partial charge in [-0.05, 0) is 65.5 Å². The quantitative estimate of drug-likeness (QED) is 0.848. The van der Waals surface area contributed by atoms with Crippen molar-refractivity contribution in [2.45, 2.75) is 25.4 Å². The third kappa shape index (κ3) is 4.76. The van der Waals surface area contributed by atoms with Crippen molar-refractivity contribution in [3.63, 3.8) is 0 Å². The summed E-state index contributed by atoms with van der Waals surface area (Å²) < 4.78 is 13.5. The van der Waals surface area contributed by atoms with E-state index >= 15 is 0 Å². The summed E-state index contributed by atoms with van der Waals surface area (Å²) in [4.78, 5) is 12.8. The predicted octanol–water partition coefficient (Wildman–Crippen LogP) is 2.81. The molecule has 1 saturated heterocycles. The van der Waals surface area contributed by atoms with Crippen LogP contribution in [-0.4, -0.2) is 40.7 Å². The van der Waals surface area contributed by atoms with E-state index in [9.17, 15) is 14.3 Å². The summed E-state index contributed by atoms with van der Waals surface area (Å²) in [6.45, 7) is 2.06. The average molecular weight is 360 g/mol. The lowest BCUT2D eigenvalue weighted by Gasteiger charge is -2.32. The van der Waals surface area contributed by atoms with Crippen molar-refractivity contribution < 1.29 is 19.4 Å². The fourth-order valence-corrected chi connectivity index (χ4v) is 3.09. The van der Waals surface area contributed by atoms with Crippen LogP contribution in [0, 0.1) is 11.7 Å². The first-order chi connectivity index (χ1) is 9.95. The van der Waals surface area contributed by atoms with E-state index in [4.69, 9.17) is 5.11 Å². The molecule has 4 nitrogen and oxygen atoms in total. The minimum absolute atomic E-state index is 0.224. The first-order valence-corrected chi connectivity index (χ1v) is 7.82. The molecule has 1 unspecified atom stereocenters. The van der Waals surface area contributed by atoms with Gasteiger partial charge in [-0.2, -0.15) is 0 Å². The minimum atomic E-state index is -0.746. The summed E-state index contributed by atoms with van der Waals surface area (Å²) in [6.07, 6.45) is 1.23. The van der Waals surface area contributed by atoms with Crippen LogP contribution >= 0.6 is 15.9 Å². The summed E-state index contributed by atoms with van der Waals surface area (Å²) in [5, 5.41) is 19.0. The van der Waals surface area contributed by atoms with Gasteiger partial charge in [0.25, 0.3) is 0 Å². The Morgan fingerprint density at radius 3 is 2.67 bits per heavy atom. The second-order valence-corrected chi connectivity index (χ2v) is 6.39. The monoisotopic (exact) mass is 359 g/mol. The first-order valence-electron chi connectivity index (χ1n) is 7.03. The molecule has 1 atom stereocenters. The fraction of sp³-hybridized carbons (Fsp3) is 0.533. The van der Waals surface area contributed by atoms with Crippen molar-refractivity contribution in [3.05, 3.63) is 34.1 Å². The largest absolute Gasteiger partial charge is 0.481 e. The molecule has 1 heterocycles. The third-order valence-electron chi connectivity index (χ3n) is 3.93. The number of hydrogen-bond acceptors (Lipinski definition) is 3. The molecule has 116 valence electrons. The van der Waals surface area contributed by atoms with E-state index in [1.807, 2.05) is 0 Å². The fourth-order valence-electron chi connectivity index (χ4n) is 2.69. The Balaban J connectivity index is 1.85. The molecule has 1 aliphatic rings. The van der Waals surface area contributed by atoms with Gasteiger partial charge in [-0.15, -0.1) is 0 Å². The molecule has 1 aromatic carbocycles. The maximum Gasteiger partial charge on any atom is 0.303 e. The lowest BCUT2D eigenvalue weighted by Crippen LogP contribution is -2.37. The number of carbonyl (C=O) groups is 1. The number of rotatable bonds is 5. The second-order valence-electron chi connectivity index (χ2n) is 5.53. The van der Waals surface area contributed by atoms with Crippen LogP contribution in [0.5, 0.6) is 0 Å². The number of nitrogens with zero attached hydrogens (tertiary/aromatic N) is 1. The Morgan fingerprint density at radius 2 is 2.10 bits per heavy atom. The maximum atomic E-state index is 13.2. The Labute approximate surface area is 131 Å². The van der Waals surface area contributed by atoms with Gasteiger partial charge in [0.15, 0.2) is 0 Å². The van der Waals surface area contributed by atoms with Crippen LogP contribution in [0.25, 0.3) is 0 Å². The normalized spacial score (nSPS) is 18.6. The van der Waals surface area contributed by atoms with Crippen molar-refractivity contribution in [2.75, 3.05) is 19.6 Å². The number of aliphatic hydroxyl groups is 1. The summed E-state index contributed by atoms with van der Waals surface area (Å²) in [6, 6.07) is 4.51. The number of likely N-dealkylation sites (tertiary alicyclic amines) is 1. The number of aliphatic hydroxyl groups excluding tert-OH is 1. The molecular formula is C15H19BrFNO3. The number of halogens is 2. The topological polar surface area (TPSA) is 60.8 Å². The molecule has 0 saturated carbocycles. The Hall–Kier alpha value is -0.980. The molecule has 6 heteroatoms. The zero-order valence-electron chi connectivity index (χ0n) is 11.6. The SMILES string of the molecule is O=C(O)CC1CCN(CC(O)c2ccc(F)c(Br)c2)CC1. The molecule has 0 amide bonds. The molecule has 0 spiro atoms. The van der Waals surface area contributed by atoms with Gasteiger partial charge < -0.3 is 15.1 Å². The number of benzene rings is 1. The van der Waals surface area contributed by atoms with E-state index in [1.165, 1.54) is 6.07 Å². The Morgan fingerprint density at radius 1 is 1.43 bits per heavy atom. The Kier molecular flexibility index (Phi) is 5.72.